The van der Waals surface area contributed by atoms with Gasteiger partial charge >= 0.3 is 0 Å². The van der Waals surface area contributed by atoms with Crippen LogP contribution in [0.15, 0.2) is 48.5 Å². The second kappa shape index (κ2) is 7.09. The number of aryl methyl sites for hydroxylation is 2. The summed E-state index contributed by atoms with van der Waals surface area (Å²) < 4.78 is 0. The molecule has 0 unspecified atom stereocenters. The highest BCUT2D eigenvalue weighted by Gasteiger charge is 2.07. The van der Waals surface area contributed by atoms with Crippen LogP contribution in [0.25, 0.3) is 6.08 Å². The van der Waals surface area contributed by atoms with E-state index in [4.69, 9.17) is 11.6 Å². The van der Waals surface area contributed by atoms with Crippen LogP contribution in [0.3, 0.4) is 0 Å². The molecule has 2 rings (SSSR count). The summed E-state index contributed by atoms with van der Waals surface area (Å²) in [5.74, 6) is 0.494. The molecular weight excluding hydrogens is 284 g/mol. The molecule has 0 spiro atoms. The third kappa shape index (κ3) is 3.96. The summed E-state index contributed by atoms with van der Waals surface area (Å²) in [6.07, 6.45) is 3.90. The summed E-state index contributed by atoms with van der Waals surface area (Å²) in [5, 5.41) is 9.70. The highest BCUT2D eigenvalue weighted by molar-refractivity contribution is 6.18. The van der Waals surface area contributed by atoms with Crippen molar-refractivity contribution in [1.82, 2.24) is 0 Å². The Balaban J connectivity index is 2.21. The highest BCUT2D eigenvalue weighted by Crippen LogP contribution is 2.20. The summed E-state index contributed by atoms with van der Waals surface area (Å²) in [6, 6.07) is 12.7. The lowest BCUT2D eigenvalue weighted by molar-refractivity contribution is 0.104. The normalized spacial score (nSPS) is 11.0. The van der Waals surface area contributed by atoms with E-state index in [-0.39, 0.29) is 11.5 Å². The first-order valence-corrected chi connectivity index (χ1v) is 7.31. The zero-order valence-corrected chi connectivity index (χ0v) is 12.6. The van der Waals surface area contributed by atoms with E-state index < -0.39 is 0 Å². The van der Waals surface area contributed by atoms with Crippen LogP contribution in [0.1, 0.15) is 27.0 Å². The summed E-state index contributed by atoms with van der Waals surface area (Å²) in [7, 11) is 0. The Morgan fingerprint density at radius 3 is 2.71 bits per heavy atom. The molecule has 0 amide bonds. The maximum absolute atomic E-state index is 12.2. The van der Waals surface area contributed by atoms with Gasteiger partial charge in [-0.2, -0.15) is 0 Å². The van der Waals surface area contributed by atoms with Gasteiger partial charge in [0.2, 0.25) is 0 Å². The van der Waals surface area contributed by atoms with Gasteiger partial charge in [0.1, 0.15) is 5.75 Å². The molecule has 108 valence electrons. The standard InChI is InChI=1S/C18H17ClO2/c1-13-4-2-3-5-14(13)6-8-17(20)15-7-9-18(21)16(12-15)10-11-19/h2-9,12,21H,10-11H2,1H3/b8-6+. The van der Waals surface area contributed by atoms with E-state index >= 15 is 0 Å². The van der Waals surface area contributed by atoms with Crippen LogP contribution in [0, 0.1) is 6.92 Å². The van der Waals surface area contributed by atoms with Gasteiger partial charge in [-0.3, -0.25) is 4.79 Å². The van der Waals surface area contributed by atoms with Crippen LogP contribution >= 0.6 is 11.6 Å². The molecule has 2 aromatic carbocycles. The van der Waals surface area contributed by atoms with E-state index in [0.29, 0.717) is 23.4 Å². The quantitative estimate of drug-likeness (QED) is 0.505. The first-order chi connectivity index (χ1) is 10.1. The van der Waals surface area contributed by atoms with Gasteiger partial charge in [0.05, 0.1) is 0 Å². The molecule has 0 saturated heterocycles. The molecule has 0 radical (unpaired) electrons. The Hall–Kier alpha value is -2.06. The zero-order chi connectivity index (χ0) is 15.2. The molecule has 0 fully saturated rings. The molecule has 0 atom stereocenters. The van der Waals surface area contributed by atoms with Crippen molar-refractivity contribution >= 4 is 23.5 Å². The molecule has 3 heteroatoms. The number of phenolic OH excluding ortho intramolecular Hbond substituents is 1. The number of hydrogen-bond acceptors (Lipinski definition) is 2. The first kappa shape index (κ1) is 15.3. The third-order valence-corrected chi connectivity index (χ3v) is 3.52. The van der Waals surface area contributed by atoms with Crippen molar-refractivity contribution in [3.05, 3.63) is 70.8 Å². The molecule has 2 nitrogen and oxygen atoms in total. The van der Waals surface area contributed by atoms with Crippen LogP contribution in [0.2, 0.25) is 0 Å². The lowest BCUT2D eigenvalue weighted by Gasteiger charge is -2.04. The summed E-state index contributed by atoms with van der Waals surface area (Å²) in [5.41, 5.74) is 3.39. The van der Waals surface area contributed by atoms with Crippen LogP contribution < -0.4 is 0 Å². The molecule has 0 aliphatic carbocycles. The number of ketones is 1. The molecule has 0 aliphatic heterocycles. The minimum atomic E-state index is -0.0888. The fourth-order valence-corrected chi connectivity index (χ4v) is 2.28. The van der Waals surface area contributed by atoms with Crippen molar-refractivity contribution in [2.75, 3.05) is 5.88 Å². The van der Waals surface area contributed by atoms with E-state index in [1.54, 1.807) is 18.2 Å². The molecule has 0 bridgehead atoms. The minimum absolute atomic E-state index is 0.0888. The van der Waals surface area contributed by atoms with Gasteiger partial charge in [-0.25, -0.2) is 0 Å². The number of carbonyl (C=O) groups excluding carboxylic acids is 1. The van der Waals surface area contributed by atoms with Gasteiger partial charge in [-0.1, -0.05) is 30.3 Å². The molecule has 1 N–H and O–H groups in total. The number of hydrogen-bond donors (Lipinski definition) is 1. The summed E-state index contributed by atoms with van der Waals surface area (Å²) >= 11 is 5.69. The number of benzene rings is 2. The Bertz CT molecular complexity index is 675. The van der Waals surface area contributed by atoms with Gasteiger partial charge in [0.15, 0.2) is 5.78 Å². The minimum Gasteiger partial charge on any atom is -0.508 e. The Morgan fingerprint density at radius 2 is 2.00 bits per heavy atom. The fourth-order valence-electron chi connectivity index (χ4n) is 2.08. The maximum atomic E-state index is 12.2. The monoisotopic (exact) mass is 300 g/mol. The Labute approximate surface area is 129 Å². The molecule has 21 heavy (non-hydrogen) atoms. The number of phenols is 1. The Kier molecular flexibility index (Phi) is 5.18. The van der Waals surface area contributed by atoms with E-state index in [2.05, 4.69) is 0 Å². The van der Waals surface area contributed by atoms with E-state index in [0.717, 1.165) is 11.1 Å². The number of carbonyl (C=O) groups is 1. The van der Waals surface area contributed by atoms with Crippen molar-refractivity contribution in [2.45, 2.75) is 13.3 Å². The summed E-state index contributed by atoms with van der Waals surface area (Å²) in [6.45, 7) is 2.00. The predicted molar refractivity (Wildman–Crippen MR) is 87.1 cm³/mol. The lowest BCUT2D eigenvalue weighted by atomic mass is 10.0. The van der Waals surface area contributed by atoms with Crippen LogP contribution in [-0.4, -0.2) is 16.8 Å². The maximum Gasteiger partial charge on any atom is 0.185 e. The second-order valence-electron chi connectivity index (χ2n) is 4.84. The summed E-state index contributed by atoms with van der Waals surface area (Å²) in [4.78, 5) is 12.2. The number of alkyl halides is 1. The molecule has 0 heterocycles. The van der Waals surface area contributed by atoms with Crippen LogP contribution in [-0.2, 0) is 6.42 Å². The van der Waals surface area contributed by atoms with Crippen molar-refractivity contribution in [1.29, 1.82) is 0 Å². The van der Waals surface area contributed by atoms with Gasteiger partial charge in [0, 0.05) is 11.4 Å². The largest absolute Gasteiger partial charge is 0.508 e. The first-order valence-electron chi connectivity index (χ1n) is 6.77. The van der Waals surface area contributed by atoms with Crippen molar-refractivity contribution in [3.63, 3.8) is 0 Å². The van der Waals surface area contributed by atoms with Crippen LogP contribution in [0.4, 0.5) is 0 Å². The van der Waals surface area contributed by atoms with E-state index in [9.17, 15) is 9.90 Å². The van der Waals surface area contributed by atoms with Crippen LogP contribution in [0.5, 0.6) is 5.75 Å². The molecule has 0 saturated carbocycles. The fraction of sp³-hybridized carbons (Fsp3) is 0.167. The van der Waals surface area contributed by atoms with Crippen molar-refractivity contribution in [2.24, 2.45) is 0 Å². The van der Waals surface area contributed by atoms with E-state index in [1.807, 2.05) is 37.3 Å². The average molecular weight is 301 g/mol. The SMILES string of the molecule is Cc1ccccc1/C=C/C(=O)c1ccc(O)c(CCCl)c1. The molecule has 0 aromatic heterocycles. The number of allylic oxidation sites excluding steroid dienone is 1. The van der Waals surface area contributed by atoms with Gasteiger partial charge in [-0.05, 0) is 54.3 Å². The molecule has 2 aromatic rings. The predicted octanol–water partition coefficient (Wildman–Crippen LogP) is 4.38. The van der Waals surface area contributed by atoms with Gasteiger partial charge in [0.25, 0.3) is 0 Å². The topological polar surface area (TPSA) is 37.3 Å². The smallest absolute Gasteiger partial charge is 0.185 e. The third-order valence-electron chi connectivity index (χ3n) is 3.33. The lowest BCUT2D eigenvalue weighted by Crippen LogP contribution is -1.97. The van der Waals surface area contributed by atoms with Gasteiger partial charge in [-0.15, -0.1) is 11.6 Å². The molecular formula is C18H17ClO2. The number of halogens is 1. The second-order valence-corrected chi connectivity index (χ2v) is 5.21. The zero-order valence-electron chi connectivity index (χ0n) is 11.8. The van der Waals surface area contributed by atoms with Crippen molar-refractivity contribution in [3.8, 4) is 5.75 Å². The molecule has 0 aliphatic rings. The van der Waals surface area contributed by atoms with E-state index in [1.165, 1.54) is 6.07 Å². The van der Waals surface area contributed by atoms with Gasteiger partial charge < -0.3 is 5.11 Å². The average Bonchev–Trinajstić information content (AvgIpc) is 2.48. The number of aromatic hydroxyl groups is 1. The Morgan fingerprint density at radius 1 is 1.24 bits per heavy atom. The number of rotatable bonds is 5. The van der Waals surface area contributed by atoms with Crippen molar-refractivity contribution < 1.29 is 9.90 Å². The highest BCUT2D eigenvalue weighted by atomic mass is 35.5.